The van der Waals surface area contributed by atoms with Gasteiger partial charge in [0.1, 0.15) is 11.6 Å². The van der Waals surface area contributed by atoms with E-state index < -0.39 is 11.8 Å². The number of hydrogen-bond donors (Lipinski definition) is 2. The van der Waals surface area contributed by atoms with E-state index in [0.29, 0.717) is 25.6 Å². The van der Waals surface area contributed by atoms with Crippen LogP contribution < -0.4 is 5.32 Å². The van der Waals surface area contributed by atoms with Crippen LogP contribution in [0.25, 0.3) is 0 Å². The van der Waals surface area contributed by atoms with E-state index >= 15 is 0 Å². The molecule has 0 aromatic heterocycles. The predicted octanol–water partition coefficient (Wildman–Crippen LogP) is 2.67. The summed E-state index contributed by atoms with van der Waals surface area (Å²) in [5.74, 6) is -1.44. The number of carboxylic acid groups (broad SMARTS) is 1. The molecule has 122 valence electrons. The summed E-state index contributed by atoms with van der Waals surface area (Å²) in [4.78, 5) is 22.4. The number of hydrogen-bond acceptors (Lipinski definition) is 3. The Balaban J connectivity index is 2.16. The first kappa shape index (κ1) is 17.3. The fraction of sp³-hybridized carbons (Fsp3) is 0.412. The first-order valence-corrected chi connectivity index (χ1v) is 7.76. The minimum Gasteiger partial charge on any atom is -0.478 e. The third-order valence-corrected chi connectivity index (χ3v) is 4.36. The summed E-state index contributed by atoms with van der Waals surface area (Å²) in [6, 6.07) is 2.51. The zero-order chi connectivity index (χ0) is 17.1. The van der Waals surface area contributed by atoms with E-state index in [1.165, 1.54) is 6.07 Å². The second-order valence-corrected chi connectivity index (χ2v) is 6.34. The van der Waals surface area contributed by atoms with Gasteiger partial charge in [0, 0.05) is 18.1 Å². The molecule has 0 fully saturated rings. The van der Waals surface area contributed by atoms with Crippen LogP contribution in [0.5, 0.6) is 0 Å². The average molecular weight is 317 g/mol. The number of carbonyl (C=O) groups excluding carboxylic acids is 1. The van der Waals surface area contributed by atoms with Crippen molar-refractivity contribution in [1.29, 1.82) is 0 Å². The number of carbonyl (C=O) groups is 2. The molecule has 0 saturated heterocycles. The molecular formula is C17H21BFNO3. The lowest BCUT2D eigenvalue weighted by atomic mass is 9.39. The Hall–Kier alpha value is -2.11. The van der Waals surface area contributed by atoms with Gasteiger partial charge in [0.15, 0.2) is 6.71 Å². The molecule has 0 aliphatic carbocycles. The lowest BCUT2D eigenvalue weighted by molar-refractivity contribution is -0.117. The highest BCUT2D eigenvalue weighted by molar-refractivity contribution is 6.59. The second-order valence-electron chi connectivity index (χ2n) is 6.34. The van der Waals surface area contributed by atoms with E-state index in [1.54, 1.807) is 6.92 Å². The highest BCUT2D eigenvalue weighted by Crippen LogP contribution is 2.26. The Bertz CT molecular complexity index is 659. The molecule has 2 N–H and O–H groups in total. The number of allylic oxidation sites excluding steroid dienone is 1. The maximum Gasteiger partial charge on any atom is 0.336 e. The maximum atomic E-state index is 13.7. The van der Waals surface area contributed by atoms with Crippen molar-refractivity contribution in [3.8, 4) is 0 Å². The number of ketones is 1. The number of Topliss-reactive ketones (excluding diaryl/α,β-unsaturated/α-hetero) is 1. The largest absolute Gasteiger partial charge is 0.478 e. The Morgan fingerprint density at radius 2 is 2.13 bits per heavy atom. The monoisotopic (exact) mass is 317 g/mol. The fourth-order valence-corrected chi connectivity index (χ4v) is 3.06. The van der Waals surface area contributed by atoms with Crippen LogP contribution in [0.3, 0.4) is 0 Å². The first-order valence-electron chi connectivity index (χ1n) is 7.76. The third kappa shape index (κ3) is 4.21. The normalized spacial score (nSPS) is 16.7. The number of rotatable bonds is 6. The van der Waals surface area contributed by atoms with E-state index in [4.69, 9.17) is 0 Å². The summed E-state index contributed by atoms with van der Waals surface area (Å²) in [6.07, 6.45) is 2.15. The van der Waals surface area contributed by atoms with Gasteiger partial charge in [0.2, 0.25) is 0 Å². The molecule has 1 aromatic carbocycles. The molecule has 1 aromatic rings. The lowest BCUT2D eigenvalue weighted by Gasteiger charge is -2.32. The number of halogens is 1. The van der Waals surface area contributed by atoms with Gasteiger partial charge in [-0.15, -0.1) is 0 Å². The minimum atomic E-state index is -1.09. The zero-order valence-corrected chi connectivity index (χ0v) is 13.5. The van der Waals surface area contributed by atoms with Gasteiger partial charge >= 0.3 is 5.97 Å². The second kappa shape index (κ2) is 6.98. The molecular weight excluding hydrogens is 296 g/mol. The van der Waals surface area contributed by atoms with Crippen molar-refractivity contribution < 1.29 is 19.1 Å². The number of fused-ring (bicyclic) bond motifs is 1. The van der Waals surface area contributed by atoms with Crippen LogP contribution in [-0.2, 0) is 17.5 Å². The molecule has 23 heavy (non-hydrogen) atoms. The maximum absolute atomic E-state index is 13.7. The molecule has 2 rings (SSSR count). The van der Waals surface area contributed by atoms with E-state index in [-0.39, 0.29) is 24.0 Å². The molecule has 1 aliphatic heterocycles. The van der Waals surface area contributed by atoms with Gasteiger partial charge in [0.25, 0.3) is 0 Å². The smallest absolute Gasteiger partial charge is 0.336 e. The van der Waals surface area contributed by atoms with Crippen molar-refractivity contribution in [1.82, 2.24) is 5.32 Å². The fourth-order valence-electron chi connectivity index (χ4n) is 3.06. The van der Waals surface area contributed by atoms with Crippen molar-refractivity contribution in [2.75, 3.05) is 0 Å². The molecule has 1 heterocycles. The van der Waals surface area contributed by atoms with E-state index in [1.807, 2.05) is 6.82 Å². The molecule has 1 aliphatic rings. The Kier molecular flexibility index (Phi) is 5.24. The van der Waals surface area contributed by atoms with E-state index in [9.17, 15) is 19.1 Å². The highest BCUT2D eigenvalue weighted by Gasteiger charge is 2.31. The molecule has 1 unspecified atom stereocenters. The van der Waals surface area contributed by atoms with Gasteiger partial charge in [-0.25, -0.2) is 9.18 Å². The summed E-state index contributed by atoms with van der Waals surface area (Å²) < 4.78 is 13.7. The van der Waals surface area contributed by atoms with Gasteiger partial charge in [-0.05, 0) is 49.3 Å². The van der Waals surface area contributed by atoms with Crippen LogP contribution in [0.2, 0.25) is 6.82 Å². The molecule has 0 saturated carbocycles. The van der Waals surface area contributed by atoms with Crippen molar-refractivity contribution in [2.24, 2.45) is 0 Å². The Labute approximate surface area is 135 Å². The Morgan fingerprint density at radius 3 is 2.74 bits per heavy atom. The van der Waals surface area contributed by atoms with Gasteiger partial charge in [-0.3, -0.25) is 0 Å². The number of carboxylic acids is 1. The van der Waals surface area contributed by atoms with Crippen molar-refractivity contribution in [3.05, 3.63) is 46.9 Å². The minimum absolute atomic E-state index is 0.0562. The summed E-state index contributed by atoms with van der Waals surface area (Å²) >= 11 is 0. The molecule has 6 heteroatoms. The van der Waals surface area contributed by atoms with Gasteiger partial charge in [0.05, 0.1) is 5.56 Å². The molecule has 1 atom stereocenters. The summed E-state index contributed by atoms with van der Waals surface area (Å²) in [5, 5.41) is 12.6. The quantitative estimate of drug-likeness (QED) is 0.792. The lowest BCUT2D eigenvalue weighted by Crippen LogP contribution is -2.47. The highest BCUT2D eigenvalue weighted by atomic mass is 19.1. The predicted molar refractivity (Wildman–Crippen MR) is 88.4 cm³/mol. The molecule has 0 spiro atoms. The van der Waals surface area contributed by atoms with Crippen molar-refractivity contribution in [3.63, 3.8) is 0 Å². The van der Waals surface area contributed by atoms with Crippen molar-refractivity contribution >= 4 is 18.5 Å². The van der Waals surface area contributed by atoms with Gasteiger partial charge in [-0.2, -0.15) is 0 Å². The number of benzene rings is 1. The zero-order valence-electron chi connectivity index (χ0n) is 13.5. The van der Waals surface area contributed by atoms with Gasteiger partial charge < -0.3 is 15.2 Å². The van der Waals surface area contributed by atoms with Crippen LogP contribution in [-0.4, -0.2) is 29.5 Å². The van der Waals surface area contributed by atoms with Crippen LogP contribution in [0.15, 0.2) is 24.4 Å². The van der Waals surface area contributed by atoms with Crippen molar-refractivity contribution in [2.45, 2.75) is 45.3 Å². The number of nitrogens with one attached hydrogen (secondary N) is 1. The summed E-state index contributed by atoms with van der Waals surface area (Å²) in [7, 11) is 0. The molecule has 0 radical (unpaired) electrons. The molecule has 0 bridgehead atoms. The SMILES string of the molecule is C=C(CCC(C)=O)NC1Cc2cc(F)cc(C(=O)O)c2CB1C. The standard InChI is InChI=1S/C17H21BFNO3/c1-10(4-5-11(2)21)20-16-7-12-6-13(19)8-14(17(22)23)15(12)9-18(16)3/h6,8,16,20H,1,4-5,7,9H2,2-3H3,(H,22,23). The topological polar surface area (TPSA) is 66.4 Å². The van der Waals surface area contributed by atoms with Crippen LogP contribution in [0.1, 0.15) is 41.3 Å². The molecule has 0 amide bonds. The van der Waals surface area contributed by atoms with Crippen LogP contribution in [0.4, 0.5) is 4.39 Å². The van der Waals surface area contributed by atoms with Crippen LogP contribution >= 0.6 is 0 Å². The van der Waals surface area contributed by atoms with Crippen LogP contribution in [0, 0.1) is 5.82 Å². The number of aromatic carboxylic acids is 1. The average Bonchev–Trinajstić information content (AvgIpc) is 2.45. The Morgan fingerprint density at radius 1 is 1.43 bits per heavy atom. The van der Waals surface area contributed by atoms with E-state index in [2.05, 4.69) is 11.9 Å². The molecule has 4 nitrogen and oxygen atoms in total. The third-order valence-electron chi connectivity index (χ3n) is 4.36. The van der Waals surface area contributed by atoms with Gasteiger partial charge in [-0.1, -0.05) is 13.4 Å². The summed E-state index contributed by atoms with van der Waals surface area (Å²) in [5.41, 5.74) is 2.30. The van der Waals surface area contributed by atoms with E-state index in [0.717, 1.165) is 22.9 Å². The first-order chi connectivity index (χ1) is 10.8. The summed E-state index contributed by atoms with van der Waals surface area (Å²) in [6.45, 7) is 7.72.